The number of allylic oxidation sites excluding steroid dienone is 7. The molecule has 0 fully saturated rings. The van der Waals surface area contributed by atoms with E-state index in [1.807, 2.05) is 26.2 Å². The molecule has 0 unspecified atom stereocenters. The molecule has 1 N–H and O–H groups in total. The van der Waals surface area contributed by atoms with Crippen molar-refractivity contribution in [3.63, 3.8) is 0 Å². The first kappa shape index (κ1) is 35.2. The SMILES string of the molecule is [C-]#[N+]/C(C#N)=C1\CC(C)(C)CC(NCCCCCCCC2=C(C#N)C(=C(C#N)C#N)CC(C)(C)C2)=C1N(C)CCN(C)C. The van der Waals surface area contributed by atoms with Crippen LogP contribution in [0.2, 0.25) is 0 Å². The van der Waals surface area contributed by atoms with Gasteiger partial charge < -0.3 is 15.1 Å². The minimum atomic E-state index is -0.0742. The average Bonchev–Trinajstić information content (AvgIpc) is 2.93. The Hall–Kier alpha value is -4.03. The molecule has 0 heterocycles. The summed E-state index contributed by atoms with van der Waals surface area (Å²) in [7, 11) is 6.15. The molecule has 2 aliphatic carbocycles. The molecule has 0 bridgehead atoms. The van der Waals surface area contributed by atoms with Gasteiger partial charge >= 0.3 is 0 Å². The van der Waals surface area contributed by atoms with Gasteiger partial charge in [-0.25, -0.2) is 10.1 Å². The van der Waals surface area contributed by atoms with Crippen LogP contribution in [-0.2, 0) is 0 Å². The first-order valence-electron chi connectivity index (χ1n) is 15.3. The summed E-state index contributed by atoms with van der Waals surface area (Å²) in [6, 6.07) is 8.43. The molecule has 0 saturated heterocycles. The van der Waals surface area contributed by atoms with Crippen molar-refractivity contribution >= 4 is 0 Å². The minimum Gasteiger partial charge on any atom is -0.387 e. The first-order chi connectivity index (χ1) is 20.3. The van der Waals surface area contributed by atoms with Crippen LogP contribution in [-0.4, -0.2) is 50.6 Å². The standard InChI is InChI=1S/C35H48N8/c1-34(2)18-26(30(24-38)28(19-34)27(22-36)23-37)14-12-10-9-11-13-15-41-31-21-35(3,4)20-29(32(25-39)40-5)33(31)43(8)17-16-42(6)7/h41H,9-21H2,1-4,6-8H3/b32-29+. The molecule has 0 atom stereocenters. The van der Waals surface area contributed by atoms with Crippen LogP contribution in [0, 0.1) is 62.7 Å². The third-order valence-electron chi connectivity index (χ3n) is 8.28. The van der Waals surface area contributed by atoms with Crippen molar-refractivity contribution in [1.82, 2.24) is 15.1 Å². The number of unbranched alkanes of at least 4 members (excludes halogenated alkanes) is 4. The van der Waals surface area contributed by atoms with E-state index in [0.717, 1.165) is 93.5 Å². The molecule has 0 saturated carbocycles. The second-order valence-electron chi connectivity index (χ2n) is 13.8. The van der Waals surface area contributed by atoms with Gasteiger partial charge in [0.25, 0.3) is 5.70 Å². The Morgan fingerprint density at radius 3 is 2.00 bits per heavy atom. The maximum atomic E-state index is 9.85. The number of nitriles is 4. The van der Waals surface area contributed by atoms with Crippen LogP contribution < -0.4 is 5.32 Å². The van der Waals surface area contributed by atoms with E-state index in [1.165, 1.54) is 0 Å². The van der Waals surface area contributed by atoms with Crippen LogP contribution >= 0.6 is 0 Å². The molecule has 0 radical (unpaired) electrons. The molecule has 8 nitrogen and oxygen atoms in total. The first-order valence-corrected chi connectivity index (χ1v) is 15.3. The minimum absolute atomic E-state index is 0.0444. The maximum absolute atomic E-state index is 9.85. The fourth-order valence-corrected chi connectivity index (χ4v) is 6.27. The molecule has 2 aliphatic rings. The van der Waals surface area contributed by atoms with Crippen LogP contribution in [0.4, 0.5) is 0 Å². The van der Waals surface area contributed by atoms with Gasteiger partial charge in [-0.05, 0) is 81.0 Å². The van der Waals surface area contributed by atoms with Crippen molar-refractivity contribution in [2.75, 3.05) is 40.8 Å². The van der Waals surface area contributed by atoms with E-state index in [-0.39, 0.29) is 22.1 Å². The Kier molecular flexibility index (Phi) is 13.1. The van der Waals surface area contributed by atoms with Gasteiger partial charge in [0.2, 0.25) is 0 Å². The fraction of sp³-hybridized carbons (Fsp3) is 0.629. The van der Waals surface area contributed by atoms with E-state index < -0.39 is 0 Å². The van der Waals surface area contributed by atoms with Gasteiger partial charge in [-0.1, -0.05) is 52.5 Å². The average molecular weight is 581 g/mol. The summed E-state index contributed by atoms with van der Waals surface area (Å²) in [5.74, 6) is 0. The van der Waals surface area contributed by atoms with E-state index in [4.69, 9.17) is 6.57 Å². The van der Waals surface area contributed by atoms with Crippen molar-refractivity contribution in [1.29, 1.82) is 21.0 Å². The molecule has 0 aromatic heterocycles. The van der Waals surface area contributed by atoms with E-state index in [9.17, 15) is 21.0 Å². The highest BCUT2D eigenvalue weighted by atomic mass is 15.2. The molecule has 0 amide bonds. The third-order valence-corrected chi connectivity index (χ3v) is 8.28. The van der Waals surface area contributed by atoms with Gasteiger partial charge in [0.05, 0.1) is 24.3 Å². The van der Waals surface area contributed by atoms with Gasteiger partial charge in [0, 0.05) is 38.1 Å². The van der Waals surface area contributed by atoms with Crippen LogP contribution in [0.25, 0.3) is 4.85 Å². The monoisotopic (exact) mass is 580 g/mol. The van der Waals surface area contributed by atoms with Crippen LogP contribution in [0.1, 0.15) is 91.9 Å². The Morgan fingerprint density at radius 2 is 1.42 bits per heavy atom. The number of rotatable bonds is 13. The van der Waals surface area contributed by atoms with E-state index in [0.29, 0.717) is 24.0 Å². The lowest BCUT2D eigenvalue weighted by molar-refractivity contribution is 0.286. The molecule has 0 aromatic rings. The lowest BCUT2D eigenvalue weighted by Gasteiger charge is -2.39. The number of hydrogen-bond acceptors (Lipinski definition) is 7. The van der Waals surface area contributed by atoms with Crippen molar-refractivity contribution < 1.29 is 0 Å². The van der Waals surface area contributed by atoms with Gasteiger partial charge in [-0.2, -0.15) is 15.8 Å². The van der Waals surface area contributed by atoms with Crippen molar-refractivity contribution in [3.8, 4) is 24.3 Å². The number of hydrogen-bond donors (Lipinski definition) is 1. The Balaban J connectivity index is 2.04. The molecule has 0 spiro atoms. The highest BCUT2D eigenvalue weighted by molar-refractivity contribution is 5.57. The molecule has 43 heavy (non-hydrogen) atoms. The Morgan fingerprint density at radius 1 is 0.814 bits per heavy atom. The summed E-state index contributed by atoms with van der Waals surface area (Å²) in [6.07, 6.45) is 9.03. The van der Waals surface area contributed by atoms with Crippen LogP contribution in [0.5, 0.6) is 0 Å². The molecule has 228 valence electrons. The summed E-state index contributed by atoms with van der Waals surface area (Å²) < 4.78 is 0. The fourth-order valence-electron chi connectivity index (χ4n) is 6.27. The quantitative estimate of drug-likeness (QED) is 0.140. The normalized spacial score (nSPS) is 18.6. The van der Waals surface area contributed by atoms with Gasteiger partial charge in [0.15, 0.2) is 0 Å². The number of likely N-dealkylation sites (N-methyl/N-ethyl adjacent to an activating group) is 2. The molecule has 2 rings (SSSR count). The molecular formula is C35H48N8. The smallest absolute Gasteiger partial charge is 0.267 e. The van der Waals surface area contributed by atoms with E-state index >= 15 is 0 Å². The number of nitrogens with one attached hydrogen (secondary N) is 1. The summed E-state index contributed by atoms with van der Waals surface area (Å²) in [5, 5.41) is 42.1. The Labute approximate surface area is 260 Å². The zero-order valence-electron chi connectivity index (χ0n) is 27.3. The lowest BCUT2D eigenvalue weighted by atomic mass is 9.70. The maximum Gasteiger partial charge on any atom is 0.267 e. The lowest BCUT2D eigenvalue weighted by Crippen LogP contribution is -2.36. The largest absolute Gasteiger partial charge is 0.387 e. The zero-order chi connectivity index (χ0) is 32.2. The second kappa shape index (κ2) is 16.0. The van der Waals surface area contributed by atoms with Gasteiger partial charge in [-0.15, -0.1) is 0 Å². The highest BCUT2D eigenvalue weighted by Crippen LogP contribution is 2.45. The molecule has 8 heteroatoms. The Bertz CT molecular complexity index is 1330. The van der Waals surface area contributed by atoms with Crippen LogP contribution in [0.15, 0.2) is 45.0 Å². The highest BCUT2D eigenvalue weighted by Gasteiger charge is 2.34. The van der Waals surface area contributed by atoms with Crippen molar-refractivity contribution in [2.45, 2.75) is 91.9 Å². The third kappa shape index (κ3) is 10.0. The second-order valence-corrected chi connectivity index (χ2v) is 13.8. The van der Waals surface area contributed by atoms with E-state index in [2.05, 4.69) is 66.8 Å². The summed E-state index contributed by atoms with van der Waals surface area (Å²) in [4.78, 5) is 7.92. The predicted octanol–water partition coefficient (Wildman–Crippen LogP) is 7.12. The summed E-state index contributed by atoms with van der Waals surface area (Å²) >= 11 is 0. The summed E-state index contributed by atoms with van der Waals surface area (Å²) in [6.45, 7) is 18.8. The van der Waals surface area contributed by atoms with Gasteiger partial charge in [0.1, 0.15) is 17.7 Å². The van der Waals surface area contributed by atoms with E-state index in [1.54, 1.807) is 0 Å². The van der Waals surface area contributed by atoms with Crippen molar-refractivity contribution in [3.05, 3.63) is 56.4 Å². The molecule has 0 aromatic carbocycles. The molecular weight excluding hydrogens is 532 g/mol. The van der Waals surface area contributed by atoms with Crippen molar-refractivity contribution in [2.24, 2.45) is 10.8 Å². The summed E-state index contributed by atoms with van der Waals surface area (Å²) in [5.41, 5.74) is 5.38. The number of nitrogens with zero attached hydrogens (tertiary/aromatic N) is 7. The van der Waals surface area contributed by atoms with Gasteiger partial charge in [-0.3, -0.25) is 0 Å². The topological polar surface area (TPSA) is 118 Å². The molecule has 0 aliphatic heterocycles. The van der Waals surface area contributed by atoms with Crippen LogP contribution in [0.3, 0.4) is 0 Å². The zero-order valence-corrected chi connectivity index (χ0v) is 27.3. The predicted molar refractivity (Wildman–Crippen MR) is 170 cm³/mol.